The van der Waals surface area contributed by atoms with E-state index >= 15 is 0 Å². The van der Waals surface area contributed by atoms with E-state index in [9.17, 15) is 4.79 Å². The first-order valence-corrected chi connectivity index (χ1v) is 9.74. The molecule has 0 saturated heterocycles. The Bertz CT molecular complexity index is 995. The van der Waals surface area contributed by atoms with Crippen LogP contribution in [0.2, 0.25) is 5.02 Å². The van der Waals surface area contributed by atoms with Crippen molar-refractivity contribution in [2.24, 2.45) is 0 Å². The Morgan fingerprint density at radius 1 is 1.11 bits per heavy atom. The largest absolute Gasteiger partial charge is 0.478 e. The molecule has 1 heterocycles. The van der Waals surface area contributed by atoms with E-state index in [1.54, 1.807) is 38.1 Å². The highest BCUT2D eigenvalue weighted by Gasteiger charge is 2.33. The predicted octanol–water partition coefficient (Wildman–Crippen LogP) is 4.81. The standard InChI is InChI=1S/C22H22ClN3O2/c1-22(2,28-17-13-11-15(23)12-14-17)21(27)24-20-18-9-6-10-19(18)25-26(20)16-7-4-3-5-8-16/h3-5,7-8,11-14H,6,9-10H2,1-2H3,(H,24,27). The fourth-order valence-electron chi connectivity index (χ4n) is 3.38. The average Bonchev–Trinajstić information content (AvgIpc) is 3.27. The molecule has 5 nitrogen and oxygen atoms in total. The van der Waals surface area contributed by atoms with Gasteiger partial charge in [0.1, 0.15) is 11.6 Å². The molecule has 0 saturated carbocycles. The number of carbonyl (C=O) groups is 1. The fourth-order valence-corrected chi connectivity index (χ4v) is 3.50. The molecule has 6 heteroatoms. The van der Waals surface area contributed by atoms with Crippen molar-refractivity contribution >= 4 is 23.3 Å². The number of ether oxygens (including phenoxy) is 1. The van der Waals surface area contributed by atoms with Crippen molar-refractivity contribution in [1.29, 1.82) is 0 Å². The van der Waals surface area contributed by atoms with E-state index < -0.39 is 5.60 Å². The highest BCUT2D eigenvalue weighted by molar-refractivity contribution is 6.30. The summed E-state index contributed by atoms with van der Waals surface area (Å²) < 4.78 is 7.75. The van der Waals surface area contributed by atoms with Crippen LogP contribution in [0.15, 0.2) is 54.6 Å². The van der Waals surface area contributed by atoms with Gasteiger partial charge in [-0.1, -0.05) is 29.8 Å². The van der Waals surface area contributed by atoms with Crippen molar-refractivity contribution in [3.8, 4) is 11.4 Å². The van der Waals surface area contributed by atoms with Gasteiger partial charge in [-0.25, -0.2) is 4.68 Å². The highest BCUT2D eigenvalue weighted by Crippen LogP contribution is 2.32. The molecule has 2 aromatic carbocycles. The predicted molar refractivity (Wildman–Crippen MR) is 110 cm³/mol. The number of rotatable bonds is 5. The molecule has 28 heavy (non-hydrogen) atoms. The number of aryl methyl sites for hydroxylation is 1. The lowest BCUT2D eigenvalue weighted by Gasteiger charge is -2.25. The van der Waals surface area contributed by atoms with Crippen LogP contribution in [-0.4, -0.2) is 21.3 Å². The van der Waals surface area contributed by atoms with Gasteiger partial charge in [-0.15, -0.1) is 0 Å². The first kappa shape index (κ1) is 18.6. The van der Waals surface area contributed by atoms with Gasteiger partial charge in [0.15, 0.2) is 5.60 Å². The SMILES string of the molecule is CC(C)(Oc1ccc(Cl)cc1)C(=O)Nc1c2c(nn1-c1ccccc1)CCC2. The number of anilines is 1. The summed E-state index contributed by atoms with van der Waals surface area (Å²) in [5, 5.41) is 8.43. The first-order valence-electron chi connectivity index (χ1n) is 9.36. The number of para-hydroxylation sites is 1. The van der Waals surface area contributed by atoms with E-state index in [0.29, 0.717) is 10.8 Å². The summed E-state index contributed by atoms with van der Waals surface area (Å²) in [5.74, 6) is 1.09. The molecule has 1 amide bonds. The van der Waals surface area contributed by atoms with E-state index in [4.69, 9.17) is 21.4 Å². The minimum absolute atomic E-state index is 0.228. The normalized spacial score (nSPS) is 13.2. The van der Waals surface area contributed by atoms with Gasteiger partial charge in [0.2, 0.25) is 0 Å². The van der Waals surface area contributed by atoms with E-state index in [-0.39, 0.29) is 5.91 Å². The molecule has 3 aromatic rings. The molecule has 4 rings (SSSR count). The minimum Gasteiger partial charge on any atom is -0.478 e. The zero-order chi connectivity index (χ0) is 19.7. The summed E-state index contributed by atoms with van der Waals surface area (Å²) in [5.41, 5.74) is 2.02. The number of fused-ring (bicyclic) bond motifs is 1. The molecule has 0 radical (unpaired) electrons. The Kier molecular flexibility index (Phi) is 4.85. The Morgan fingerprint density at radius 3 is 2.54 bits per heavy atom. The van der Waals surface area contributed by atoms with Gasteiger partial charge in [0.05, 0.1) is 11.4 Å². The molecule has 1 aromatic heterocycles. The van der Waals surface area contributed by atoms with Crippen molar-refractivity contribution in [2.75, 3.05) is 5.32 Å². The second-order valence-electron chi connectivity index (χ2n) is 7.40. The molecular formula is C22H22ClN3O2. The highest BCUT2D eigenvalue weighted by atomic mass is 35.5. The monoisotopic (exact) mass is 395 g/mol. The number of halogens is 1. The molecule has 0 fully saturated rings. The summed E-state index contributed by atoms with van der Waals surface area (Å²) in [7, 11) is 0. The molecule has 0 spiro atoms. The van der Waals surface area contributed by atoms with Crippen LogP contribution < -0.4 is 10.1 Å². The lowest BCUT2D eigenvalue weighted by atomic mass is 10.1. The summed E-state index contributed by atoms with van der Waals surface area (Å²) in [6.45, 7) is 3.50. The van der Waals surface area contributed by atoms with Gasteiger partial charge in [-0.2, -0.15) is 5.10 Å². The Balaban J connectivity index is 1.61. The minimum atomic E-state index is -1.06. The zero-order valence-electron chi connectivity index (χ0n) is 15.9. The zero-order valence-corrected chi connectivity index (χ0v) is 16.7. The molecule has 1 aliphatic rings. The van der Waals surface area contributed by atoms with Crippen LogP contribution in [0.1, 0.15) is 31.5 Å². The van der Waals surface area contributed by atoms with Crippen molar-refractivity contribution in [1.82, 2.24) is 9.78 Å². The number of nitrogens with zero attached hydrogens (tertiary/aromatic N) is 2. The number of hydrogen-bond acceptors (Lipinski definition) is 3. The number of hydrogen-bond donors (Lipinski definition) is 1. The molecular weight excluding hydrogens is 374 g/mol. The smallest absolute Gasteiger partial charge is 0.269 e. The van der Waals surface area contributed by atoms with E-state index in [0.717, 1.165) is 42.0 Å². The van der Waals surface area contributed by atoms with Crippen LogP contribution >= 0.6 is 11.6 Å². The third-order valence-electron chi connectivity index (χ3n) is 4.87. The number of benzene rings is 2. The van der Waals surface area contributed by atoms with Crippen LogP contribution in [0.4, 0.5) is 5.82 Å². The van der Waals surface area contributed by atoms with Gasteiger partial charge in [-0.3, -0.25) is 4.79 Å². The second kappa shape index (κ2) is 7.32. The van der Waals surface area contributed by atoms with Crippen LogP contribution in [-0.2, 0) is 17.6 Å². The maximum Gasteiger partial charge on any atom is 0.269 e. The van der Waals surface area contributed by atoms with Gasteiger partial charge in [0.25, 0.3) is 5.91 Å². The lowest BCUT2D eigenvalue weighted by molar-refractivity contribution is -0.128. The Hall–Kier alpha value is -2.79. The van der Waals surface area contributed by atoms with Crippen molar-refractivity contribution in [3.05, 3.63) is 70.9 Å². The molecule has 0 unspecified atom stereocenters. The van der Waals surface area contributed by atoms with Crippen LogP contribution in [0.3, 0.4) is 0 Å². The van der Waals surface area contributed by atoms with Gasteiger partial charge in [-0.05, 0) is 69.5 Å². The molecule has 0 aliphatic heterocycles. The van der Waals surface area contributed by atoms with E-state index in [1.807, 2.05) is 35.0 Å². The maximum atomic E-state index is 13.1. The summed E-state index contributed by atoms with van der Waals surface area (Å²) >= 11 is 5.93. The van der Waals surface area contributed by atoms with Gasteiger partial charge < -0.3 is 10.1 Å². The second-order valence-corrected chi connectivity index (χ2v) is 7.83. The van der Waals surface area contributed by atoms with Crippen molar-refractivity contribution < 1.29 is 9.53 Å². The van der Waals surface area contributed by atoms with Gasteiger partial charge in [0, 0.05) is 10.6 Å². The van der Waals surface area contributed by atoms with E-state index in [1.165, 1.54) is 0 Å². The maximum absolute atomic E-state index is 13.1. The quantitative estimate of drug-likeness (QED) is 0.674. The third-order valence-corrected chi connectivity index (χ3v) is 5.13. The summed E-state index contributed by atoms with van der Waals surface area (Å²) in [4.78, 5) is 13.1. The fraction of sp³-hybridized carbons (Fsp3) is 0.273. The van der Waals surface area contributed by atoms with Crippen LogP contribution in [0, 0.1) is 0 Å². The Morgan fingerprint density at radius 2 is 1.82 bits per heavy atom. The lowest BCUT2D eigenvalue weighted by Crippen LogP contribution is -2.43. The van der Waals surface area contributed by atoms with E-state index in [2.05, 4.69) is 5.32 Å². The number of nitrogens with one attached hydrogen (secondary N) is 1. The summed E-state index contributed by atoms with van der Waals surface area (Å²) in [6, 6.07) is 16.8. The first-order chi connectivity index (χ1) is 13.4. The van der Waals surface area contributed by atoms with Crippen LogP contribution in [0.5, 0.6) is 5.75 Å². The molecule has 1 N–H and O–H groups in total. The summed E-state index contributed by atoms with van der Waals surface area (Å²) in [6.07, 6.45) is 2.90. The number of carbonyl (C=O) groups excluding carboxylic acids is 1. The molecule has 0 atom stereocenters. The molecule has 0 bridgehead atoms. The average molecular weight is 396 g/mol. The topological polar surface area (TPSA) is 56.1 Å². The number of amides is 1. The van der Waals surface area contributed by atoms with Crippen molar-refractivity contribution in [3.63, 3.8) is 0 Å². The number of aromatic nitrogens is 2. The van der Waals surface area contributed by atoms with Crippen molar-refractivity contribution in [2.45, 2.75) is 38.7 Å². The molecule has 144 valence electrons. The molecule has 1 aliphatic carbocycles. The van der Waals surface area contributed by atoms with Crippen LogP contribution in [0.25, 0.3) is 5.69 Å². The van der Waals surface area contributed by atoms with Gasteiger partial charge >= 0.3 is 0 Å². The third kappa shape index (κ3) is 3.62. The Labute approximate surface area is 169 Å².